The zero-order valence-electron chi connectivity index (χ0n) is 14.6. The fourth-order valence-electron chi connectivity index (χ4n) is 3.08. The Kier molecular flexibility index (Phi) is 7.43. The second-order valence-electron chi connectivity index (χ2n) is 6.17. The van der Waals surface area contributed by atoms with Gasteiger partial charge in [-0.25, -0.2) is 21.6 Å². The van der Waals surface area contributed by atoms with Crippen molar-refractivity contribution in [1.29, 1.82) is 0 Å². The van der Waals surface area contributed by atoms with E-state index < -0.39 is 20.0 Å². The maximum Gasteiger partial charge on any atom is 0.243 e. The van der Waals surface area contributed by atoms with Crippen LogP contribution in [0.3, 0.4) is 0 Å². The lowest BCUT2D eigenvalue weighted by molar-refractivity contribution is 0.227. The Labute approximate surface area is 156 Å². The van der Waals surface area contributed by atoms with Crippen LogP contribution in [-0.2, 0) is 20.0 Å². The Hall–Kier alpha value is -0.710. The summed E-state index contributed by atoms with van der Waals surface area (Å²) in [6, 6.07) is 3.60. The fourth-order valence-corrected chi connectivity index (χ4v) is 5.89. The molecule has 0 bridgehead atoms. The molecule has 1 fully saturated rings. The zero-order valence-corrected chi connectivity index (χ0v) is 17.0. The molecule has 0 amide bonds. The standard InChI is InChI=1S/C15H25N3O4S2.ClH/c1-11-10-13(7-8-15(11)23(19,20)17-3)24(21,22)18-9-5-4-6-14(18)12(2)16;/h7-8,10,12,14,17H,4-6,9,16H2,1-3H3;1H. The van der Waals surface area contributed by atoms with Crippen LogP contribution < -0.4 is 10.5 Å². The highest BCUT2D eigenvalue weighted by Gasteiger charge is 2.35. The average Bonchev–Trinajstić information content (AvgIpc) is 2.54. The van der Waals surface area contributed by atoms with Gasteiger partial charge in [-0.3, -0.25) is 0 Å². The van der Waals surface area contributed by atoms with Crippen molar-refractivity contribution in [2.24, 2.45) is 5.73 Å². The topological polar surface area (TPSA) is 110 Å². The second-order valence-corrected chi connectivity index (χ2v) is 9.92. The SMILES string of the molecule is CNS(=O)(=O)c1ccc(S(=O)(=O)N2CCCCC2C(C)N)cc1C.Cl. The molecule has 1 aromatic carbocycles. The number of sulfonamides is 2. The Bertz CT molecular complexity index is 810. The molecule has 2 rings (SSSR count). The summed E-state index contributed by atoms with van der Waals surface area (Å²) in [5.74, 6) is 0. The molecule has 10 heteroatoms. The van der Waals surface area contributed by atoms with Gasteiger partial charge in [-0.05, 0) is 57.5 Å². The van der Waals surface area contributed by atoms with Crippen molar-refractivity contribution in [1.82, 2.24) is 9.03 Å². The van der Waals surface area contributed by atoms with Crippen LogP contribution in [0.25, 0.3) is 0 Å². The molecule has 2 unspecified atom stereocenters. The first-order valence-corrected chi connectivity index (χ1v) is 10.8. The van der Waals surface area contributed by atoms with Crippen molar-refractivity contribution >= 4 is 32.5 Å². The third-order valence-corrected chi connectivity index (χ3v) is 7.91. The number of nitrogens with two attached hydrogens (primary N) is 1. The highest BCUT2D eigenvalue weighted by molar-refractivity contribution is 7.89. The van der Waals surface area contributed by atoms with E-state index in [1.54, 1.807) is 6.92 Å². The second kappa shape index (κ2) is 8.32. The average molecular weight is 412 g/mol. The normalized spacial score (nSPS) is 20.7. The summed E-state index contributed by atoms with van der Waals surface area (Å²) in [6.45, 7) is 3.83. The van der Waals surface area contributed by atoms with Crippen LogP contribution >= 0.6 is 12.4 Å². The van der Waals surface area contributed by atoms with Crippen LogP contribution in [0.5, 0.6) is 0 Å². The van der Waals surface area contributed by atoms with E-state index in [0.717, 1.165) is 19.3 Å². The van der Waals surface area contributed by atoms with E-state index in [0.29, 0.717) is 12.1 Å². The van der Waals surface area contributed by atoms with E-state index in [2.05, 4.69) is 4.72 Å². The van der Waals surface area contributed by atoms with Gasteiger partial charge < -0.3 is 5.73 Å². The number of piperidine rings is 1. The van der Waals surface area contributed by atoms with E-state index in [9.17, 15) is 16.8 Å². The molecule has 1 aliphatic rings. The summed E-state index contributed by atoms with van der Waals surface area (Å²) < 4.78 is 53.6. The number of benzene rings is 1. The number of halogens is 1. The molecule has 0 aliphatic carbocycles. The van der Waals surface area contributed by atoms with E-state index in [1.807, 2.05) is 6.92 Å². The lowest BCUT2D eigenvalue weighted by atomic mass is 10.00. The highest BCUT2D eigenvalue weighted by Crippen LogP contribution is 2.28. The van der Waals surface area contributed by atoms with Crippen molar-refractivity contribution in [3.63, 3.8) is 0 Å². The minimum Gasteiger partial charge on any atom is -0.326 e. The van der Waals surface area contributed by atoms with Crippen LogP contribution in [-0.4, -0.2) is 46.8 Å². The number of aryl methyl sites for hydroxylation is 1. The summed E-state index contributed by atoms with van der Waals surface area (Å²) in [5.41, 5.74) is 6.36. The summed E-state index contributed by atoms with van der Waals surface area (Å²) in [4.78, 5) is 0.175. The van der Waals surface area contributed by atoms with E-state index in [4.69, 9.17) is 5.73 Å². The maximum atomic E-state index is 13.0. The third kappa shape index (κ3) is 4.53. The highest BCUT2D eigenvalue weighted by atomic mass is 35.5. The van der Waals surface area contributed by atoms with Crippen LogP contribution in [0, 0.1) is 6.92 Å². The molecule has 2 atom stereocenters. The molecule has 1 heterocycles. The maximum absolute atomic E-state index is 13.0. The van der Waals surface area contributed by atoms with Gasteiger partial charge >= 0.3 is 0 Å². The van der Waals surface area contributed by atoms with Gasteiger partial charge in [-0.15, -0.1) is 12.4 Å². The Morgan fingerprint density at radius 1 is 1.24 bits per heavy atom. The number of nitrogens with one attached hydrogen (secondary N) is 1. The monoisotopic (exact) mass is 411 g/mol. The van der Waals surface area contributed by atoms with Crippen molar-refractivity contribution in [3.8, 4) is 0 Å². The zero-order chi connectivity index (χ0) is 18.1. The van der Waals surface area contributed by atoms with E-state index in [-0.39, 0.29) is 34.3 Å². The van der Waals surface area contributed by atoms with Crippen LogP contribution in [0.15, 0.2) is 28.0 Å². The summed E-state index contributed by atoms with van der Waals surface area (Å²) in [7, 11) is -6.01. The first kappa shape index (κ1) is 22.3. The number of hydrogen-bond donors (Lipinski definition) is 2. The van der Waals surface area contributed by atoms with Gasteiger partial charge in [0.1, 0.15) is 0 Å². The molecular weight excluding hydrogens is 386 g/mol. The van der Waals surface area contributed by atoms with Gasteiger partial charge in [0.2, 0.25) is 20.0 Å². The quantitative estimate of drug-likeness (QED) is 0.756. The molecule has 1 aliphatic heterocycles. The summed E-state index contributed by atoms with van der Waals surface area (Å²) in [5, 5.41) is 0. The number of rotatable bonds is 5. The minimum atomic E-state index is -3.71. The lowest BCUT2D eigenvalue weighted by Gasteiger charge is -2.37. The van der Waals surface area contributed by atoms with E-state index >= 15 is 0 Å². The van der Waals surface area contributed by atoms with Crippen molar-refractivity contribution in [3.05, 3.63) is 23.8 Å². The van der Waals surface area contributed by atoms with Crippen molar-refractivity contribution < 1.29 is 16.8 Å². The first-order chi connectivity index (χ1) is 11.1. The Morgan fingerprint density at radius 3 is 2.40 bits per heavy atom. The number of nitrogens with zero attached hydrogens (tertiary/aromatic N) is 1. The predicted molar refractivity (Wildman–Crippen MR) is 99.9 cm³/mol. The predicted octanol–water partition coefficient (Wildman–Crippen LogP) is 1.22. The molecule has 1 saturated heterocycles. The molecule has 3 N–H and O–H groups in total. The summed E-state index contributed by atoms with van der Waals surface area (Å²) >= 11 is 0. The molecule has 0 aromatic heterocycles. The molecular formula is C15H26ClN3O4S2. The molecule has 1 aromatic rings. The molecule has 144 valence electrons. The van der Waals surface area contributed by atoms with Crippen LogP contribution in [0.4, 0.5) is 0 Å². The smallest absolute Gasteiger partial charge is 0.243 e. The molecule has 0 saturated carbocycles. The summed E-state index contributed by atoms with van der Waals surface area (Å²) in [6.07, 6.45) is 2.49. The van der Waals surface area contributed by atoms with Gasteiger partial charge in [0.15, 0.2) is 0 Å². The van der Waals surface area contributed by atoms with Crippen molar-refractivity contribution in [2.75, 3.05) is 13.6 Å². The largest absolute Gasteiger partial charge is 0.326 e. The third-order valence-electron chi connectivity index (χ3n) is 4.42. The van der Waals surface area contributed by atoms with Gasteiger partial charge in [0, 0.05) is 18.6 Å². The Balaban J connectivity index is 0.00000312. The van der Waals surface area contributed by atoms with E-state index in [1.165, 1.54) is 29.6 Å². The van der Waals surface area contributed by atoms with Gasteiger partial charge in [0.25, 0.3) is 0 Å². The molecule has 7 nitrogen and oxygen atoms in total. The molecule has 0 radical (unpaired) electrons. The van der Waals surface area contributed by atoms with Crippen LogP contribution in [0.2, 0.25) is 0 Å². The first-order valence-electron chi connectivity index (χ1n) is 7.93. The molecule has 25 heavy (non-hydrogen) atoms. The molecule has 0 spiro atoms. The van der Waals surface area contributed by atoms with Gasteiger partial charge in [0.05, 0.1) is 9.79 Å². The minimum absolute atomic E-state index is 0. The number of hydrogen-bond acceptors (Lipinski definition) is 5. The fraction of sp³-hybridized carbons (Fsp3) is 0.600. The van der Waals surface area contributed by atoms with Gasteiger partial charge in [-0.2, -0.15) is 4.31 Å². The van der Waals surface area contributed by atoms with Gasteiger partial charge in [-0.1, -0.05) is 6.42 Å². The van der Waals surface area contributed by atoms with Crippen LogP contribution in [0.1, 0.15) is 31.7 Å². The Morgan fingerprint density at radius 2 is 1.88 bits per heavy atom. The van der Waals surface area contributed by atoms with Crippen molar-refractivity contribution in [2.45, 2.75) is 55.0 Å². The lowest BCUT2D eigenvalue weighted by Crippen LogP contribution is -2.51.